The first-order chi connectivity index (χ1) is 10.6. The minimum atomic E-state index is -0.390. The Morgan fingerprint density at radius 3 is 2.64 bits per heavy atom. The average Bonchev–Trinajstić information content (AvgIpc) is 2.83. The predicted molar refractivity (Wildman–Crippen MR) is 82.4 cm³/mol. The third-order valence-corrected chi connectivity index (χ3v) is 3.50. The van der Waals surface area contributed by atoms with Gasteiger partial charge < -0.3 is 14.8 Å². The van der Waals surface area contributed by atoms with E-state index in [1.807, 2.05) is 0 Å². The maximum atomic E-state index is 13.5. The lowest BCUT2D eigenvalue weighted by Crippen LogP contribution is -2.03. The Balaban J connectivity index is 2.13. The fourth-order valence-corrected chi connectivity index (χ4v) is 2.41. The number of carbonyl (C=O) groups excluding carboxylic acids is 1. The molecular formula is C17H14FNO3. The normalized spacial score (nSPS) is 14.7. The van der Waals surface area contributed by atoms with Crippen molar-refractivity contribution in [2.45, 2.75) is 0 Å². The van der Waals surface area contributed by atoms with Crippen LogP contribution < -0.4 is 14.8 Å². The lowest BCUT2D eigenvalue weighted by atomic mass is 10.0. The van der Waals surface area contributed by atoms with E-state index in [0.29, 0.717) is 33.9 Å². The number of ether oxygens (including phenoxy) is 2. The summed E-state index contributed by atoms with van der Waals surface area (Å²) in [6.45, 7) is 0. The van der Waals surface area contributed by atoms with E-state index in [1.165, 1.54) is 12.1 Å². The van der Waals surface area contributed by atoms with Crippen molar-refractivity contribution in [3.8, 4) is 11.5 Å². The number of halogens is 1. The number of hydrogen-bond acceptors (Lipinski definition) is 3. The zero-order valence-electron chi connectivity index (χ0n) is 12.1. The highest BCUT2D eigenvalue weighted by Crippen LogP contribution is 2.35. The first kappa shape index (κ1) is 14.1. The molecule has 5 heteroatoms. The molecule has 0 radical (unpaired) electrons. The predicted octanol–water partition coefficient (Wildman–Crippen LogP) is 3.34. The Hall–Kier alpha value is -2.82. The van der Waals surface area contributed by atoms with Gasteiger partial charge in [-0.05, 0) is 42.5 Å². The summed E-state index contributed by atoms with van der Waals surface area (Å²) >= 11 is 0. The molecule has 4 nitrogen and oxygen atoms in total. The van der Waals surface area contributed by atoms with Crippen molar-refractivity contribution in [1.29, 1.82) is 0 Å². The molecule has 0 saturated heterocycles. The van der Waals surface area contributed by atoms with Crippen LogP contribution >= 0.6 is 0 Å². The van der Waals surface area contributed by atoms with Gasteiger partial charge in [-0.15, -0.1) is 0 Å². The van der Waals surface area contributed by atoms with Gasteiger partial charge in [0.05, 0.1) is 14.2 Å². The van der Waals surface area contributed by atoms with Gasteiger partial charge in [0.25, 0.3) is 5.91 Å². The summed E-state index contributed by atoms with van der Waals surface area (Å²) in [7, 11) is 3.11. The van der Waals surface area contributed by atoms with Gasteiger partial charge in [0, 0.05) is 22.4 Å². The lowest BCUT2D eigenvalue weighted by molar-refractivity contribution is -0.110. The second-order valence-electron chi connectivity index (χ2n) is 4.81. The Kier molecular flexibility index (Phi) is 3.55. The molecule has 0 bridgehead atoms. The molecule has 0 aromatic heterocycles. The molecule has 1 aliphatic rings. The summed E-state index contributed by atoms with van der Waals surface area (Å²) in [6, 6.07) is 9.48. The van der Waals surface area contributed by atoms with E-state index in [-0.39, 0.29) is 5.91 Å². The highest BCUT2D eigenvalue weighted by molar-refractivity contribution is 6.35. The Labute approximate surface area is 127 Å². The third kappa shape index (κ3) is 2.41. The summed E-state index contributed by atoms with van der Waals surface area (Å²) in [5.41, 5.74) is 2.21. The molecule has 2 aromatic rings. The van der Waals surface area contributed by atoms with Gasteiger partial charge in [0.1, 0.15) is 17.3 Å². The molecular weight excluding hydrogens is 285 g/mol. The van der Waals surface area contributed by atoms with Crippen molar-refractivity contribution in [1.82, 2.24) is 0 Å². The van der Waals surface area contributed by atoms with Crippen LogP contribution in [-0.2, 0) is 4.79 Å². The number of anilines is 1. The summed E-state index contributed by atoms with van der Waals surface area (Å²) in [5, 5.41) is 2.72. The van der Waals surface area contributed by atoms with Crippen LogP contribution in [0.2, 0.25) is 0 Å². The molecule has 0 atom stereocenters. The first-order valence-electron chi connectivity index (χ1n) is 6.67. The van der Waals surface area contributed by atoms with E-state index >= 15 is 0 Å². The summed E-state index contributed by atoms with van der Waals surface area (Å²) in [4.78, 5) is 12.1. The van der Waals surface area contributed by atoms with Gasteiger partial charge in [0.2, 0.25) is 0 Å². The van der Waals surface area contributed by atoms with Crippen LogP contribution in [-0.4, -0.2) is 20.1 Å². The maximum Gasteiger partial charge on any atom is 0.256 e. The molecule has 1 amide bonds. The third-order valence-electron chi connectivity index (χ3n) is 3.50. The highest BCUT2D eigenvalue weighted by Gasteiger charge is 2.24. The fraction of sp³-hybridized carbons (Fsp3) is 0.118. The molecule has 0 aliphatic carbocycles. The molecule has 3 rings (SSSR count). The number of benzene rings is 2. The molecule has 112 valence electrons. The van der Waals surface area contributed by atoms with Crippen LogP contribution in [0.15, 0.2) is 36.4 Å². The molecule has 1 N–H and O–H groups in total. The minimum absolute atomic E-state index is 0.273. The lowest BCUT2D eigenvalue weighted by Gasteiger charge is -2.08. The summed E-state index contributed by atoms with van der Waals surface area (Å²) in [6.07, 6.45) is 1.67. The molecule has 1 aliphatic heterocycles. The van der Waals surface area contributed by atoms with Crippen molar-refractivity contribution in [2.24, 2.45) is 0 Å². The second-order valence-corrected chi connectivity index (χ2v) is 4.81. The molecule has 1 heterocycles. The first-order valence-corrected chi connectivity index (χ1v) is 6.67. The van der Waals surface area contributed by atoms with E-state index in [4.69, 9.17) is 9.47 Å². The van der Waals surface area contributed by atoms with Crippen molar-refractivity contribution < 1.29 is 18.7 Å². The zero-order chi connectivity index (χ0) is 15.7. The zero-order valence-corrected chi connectivity index (χ0v) is 12.1. The largest absolute Gasteiger partial charge is 0.497 e. The van der Waals surface area contributed by atoms with Crippen LogP contribution in [0.1, 0.15) is 11.1 Å². The quantitative estimate of drug-likeness (QED) is 0.884. The van der Waals surface area contributed by atoms with E-state index in [1.54, 1.807) is 44.6 Å². The highest BCUT2D eigenvalue weighted by atomic mass is 19.1. The maximum absolute atomic E-state index is 13.5. The van der Waals surface area contributed by atoms with Crippen molar-refractivity contribution >= 4 is 23.2 Å². The van der Waals surface area contributed by atoms with Gasteiger partial charge in [-0.25, -0.2) is 4.39 Å². The van der Waals surface area contributed by atoms with E-state index in [0.717, 1.165) is 0 Å². The van der Waals surface area contributed by atoms with E-state index in [2.05, 4.69) is 5.32 Å². The number of nitrogens with one attached hydrogen (secondary N) is 1. The minimum Gasteiger partial charge on any atom is -0.497 e. The van der Waals surface area contributed by atoms with E-state index < -0.39 is 5.82 Å². The van der Waals surface area contributed by atoms with E-state index in [9.17, 15) is 9.18 Å². The monoisotopic (exact) mass is 299 g/mol. The summed E-state index contributed by atoms with van der Waals surface area (Å²) in [5.74, 6) is 0.584. The Bertz CT molecular complexity index is 783. The number of methoxy groups -OCH3 is 2. The van der Waals surface area contributed by atoms with Gasteiger partial charge in [-0.3, -0.25) is 4.79 Å². The van der Waals surface area contributed by atoms with Gasteiger partial charge >= 0.3 is 0 Å². The topological polar surface area (TPSA) is 47.6 Å². The van der Waals surface area contributed by atoms with Crippen LogP contribution in [0.25, 0.3) is 11.6 Å². The van der Waals surface area contributed by atoms with Crippen LogP contribution in [0.4, 0.5) is 10.1 Å². The van der Waals surface area contributed by atoms with Crippen LogP contribution in [0.5, 0.6) is 11.5 Å². The summed E-state index contributed by atoms with van der Waals surface area (Å²) < 4.78 is 23.9. The number of fused-ring (bicyclic) bond motifs is 1. The molecule has 0 saturated carbocycles. The number of hydrogen-bond donors (Lipinski definition) is 1. The van der Waals surface area contributed by atoms with Gasteiger partial charge in [-0.2, -0.15) is 0 Å². The van der Waals surface area contributed by atoms with Gasteiger partial charge in [-0.1, -0.05) is 0 Å². The molecule has 0 fully saturated rings. The van der Waals surface area contributed by atoms with Crippen LogP contribution in [0.3, 0.4) is 0 Å². The Morgan fingerprint density at radius 2 is 1.91 bits per heavy atom. The molecule has 2 aromatic carbocycles. The van der Waals surface area contributed by atoms with Gasteiger partial charge in [0.15, 0.2) is 0 Å². The molecule has 0 spiro atoms. The number of rotatable bonds is 3. The van der Waals surface area contributed by atoms with Crippen molar-refractivity contribution in [3.05, 3.63) is 53.3 Å². The Morgan fingerprint density at radius 1 is 1.09 bits per heavy atom. The van der Waals surface area contributed by atoms with Crippen molar-refractivity contribution in [3.63, 3.8) is 0 Å². The van der Waals surface area contributed by atoms with Crippen LogP contribution in [0, 0.1) is 5.82 Å². The standard InChI is InChI=1S/C17H14FNO3/c1-21-12-4-6-16(22-2)10(7-12)8-14-13-9-11(18)3-5-15(13)19-17(14)20/h3-9H,1-2H3,(H,19,20). The SMILES string of the molecule is COc1ccc(OC)c(C=C2C(=O)Nc3ccc(F)cc32)c1. The molecule has 0 unspecified atom stereocenters. The average molecular weight is 299 g/mol. The second kappa shape index (κ2) is 5.52. The molecule has 22 heavy (non-hydrogen) atoms. The number of amides is 1. The van der Waals surface area contributed by atoms with Crippen molar-refractivity contribution in [2.75, 3.05) is 19.5 Å². The fourth-order valence-electron chi connectivity index (χ4n) is 2.41. The number of carbonyl (C=O) groups is 1. The smallest absolute Gasteiger partial charge is 0.256 e.